The van der Waals surface area contributed by atoms with E-state index in [4.69, 9.17) is 5.73 Å². The normalized spacial score (nSPS) is 8.21. The molecule has 0 aliphatic carbocycles. The number of nitrogens with two attached hydrogens (primary N) is 1. The highest BCUT2D eigenvalue weighted by Crippen LogP contribution is 1.89. The van der Waals surface area contributed by atoms with Gasteiger partial charge in [0.15, 0.2) is 0 Å². The Labute approximate surface area is 84.2 Å². The average Bonchev–Trinajstić information content (AvgIpc) is 2.01. The van der Waals surface area contributed by atoms with Crippen LogP contribution in [0.1, 0.15) is 33.6 Å². The van der Waals surface area contributed by atoms with Crippen LogP contribution in [0.4, 0.5) is 0 Å². The third-order valence-electron chi connectivity index (χ3n) is 1.25. The standard InChI is InChI=1S/C6H10O2.C4H7NO/c1-5(7)3-4-6(2)8;1-3(2)4(5)6/h3-4H2,1-2H3;1H2,2H3,(H2,5,6). The molecule has 0 atom stereocenters. The van der Waals surface area contributed by atoms with Crippen LogP contribution < -0.4 is 5.73 Å². The second kappa shape index (κ2) is 8.16. The van der Waals surface area contributed by atoms with E-state index in [9.17, 15) is 14.4 Å². The van der Waals surface area contributed by atoms with E-state index in [0.717, 1.165) is 0 Å². The highest BCUT2D eigenvalue weighted by Gasteiger charge is 1.95. The molecule has 4 heteroatoms. The second-order valence-corrected chi connectivity index (χ2v) is 3.05. The Bertz CT molecular complexity index is 218. The molecule has 0 unspecified atom stereocenters. The minimum atomic E-state index is -0.435. The summed E-state index contributed by atoms with van der Waals surface area (Å²) in [4.78, 5) is 30.2. The van der Waals surface area contributed by atoms with E-state index in [1.165, 1.54) is 13.8 Å². The van der Waals surface area contributed by atoms with Gasteiger partial charge in [-0.15, -0.1) is 0 Å². The number of primary amides is 1. The Morgan fingerprint density at radius 2 is 1.21 bits per heavy atom. The minimum absolute atomic E-state index is 0.0835. The minimum Gasteiger partial charge on any atom is -0.366 e. The molecule has 0 heterocycles. The zero-order chi connectivity index (χ0) is 11.7. The summed E-state index contributed by atoms with van der Waals surface area (Å²) in [5, 5.41) is 0. The van der Waals surface area contributed by atoms with Crippen molar-refractivity contribution in [3.63, 3.8) is 0 Å². The molecule has 80 valence electrons. The van der Waals surface area contributed by atoms with Gasteiger partial charge in [0.25, 0.3) is 0 Å². The lowest BCUT2D eigenvalue weighted by Gasteiger charge is -1.86. The van der Waals surface area contributed by atoms with E-state index in [0.29, 0.717) is 18.4 Å². The number of Topliss-reactive ketones (excluding diaryl/α,β-unsaturated/α-hetero) is 2. The van der Waals surface area contributed by atoms with Crippen molar-refractivity contribution in [1.29, 1.82) is 0 Å². The lowest BCUT2D eigenvalue weighted by molar-refractivity contribution is -0.122. The van der Waals surface area contributed by atoms with Gasteiger partial charge in [-0.3, -0.25) is 4.79 Å². The number of hydrogen-bond donors (Lipinski definition) is 1. The molecule has 4 nitrogen and oxygen atoms in total. The van der Waals surface area contributed by atoms with Crippen LogP contribution >= 0.6 is 0 Å². The molecule has 0 aliphatic rings. The summed E-state index contributed by atoms with van der Waals surface area (Å²) < 4.78 is 0. The van der Waals surface area contributed by atoms with Crippen molar-refractivity contribution in [2.75, 3.05) is 0 Å². The second-order valence-electron chi connectivity index (χ2n) is 3.05. The summed E-state index contributed by atoms with van der Waals surface area (Å²) >= 11 is 0. The quantitative estimate of drug-likeness (QED) is 0.686. The van der Waals surface area contributed by atoms with Crippen LogP contribution in [0.15, 0.2) is 12.2 Å². The van der Waals surface area contributed by atoms with Crippen molar-refractivity contribution in [3.8, 4) is 0 Å². The van der Waals surface area contributed by atoms with Crippen molar-refractivity contribution in [1.82, 2.24) is 0 Å². The van der Waals surface area contributed by atoms with Gasteiger partial charge in [0.05, 0.1) is 0 Å². The van der Waals surface area contributed by atoms with E-state index in [1.54, 1.807) is 6.92 Å². The number of carbonyl (C=O) groups excluding carboxylic acids is 3. The number of ketones is 2. The Hall–Kier alpha value is -1.45. The monoisotopic (exact) mass is 199 g/mol. The van der Waals surface area contributed by atoms with Gasteiger partial charge in [-0.25, -0.2) is 0 Å². The molecule has 0 aromatic rings. The SMILES string of the molecule is C=C(C)C(N)=O.CC(=O)CCC(C)=O. The lowest BCUT2D eigenvalue weighted by Crippen LogP contribution is -2.10. The molecule has 0 bridgehead atoms. The number of amides is 1. The van der Waals surface area contributed by atoms with Gasteiger partial charge in [0.1, 0.15) is 11.6 Å². The maximum atomic E-state index is 10.2. The first-order valence-electron chi connectivity index (χ1n) is 4.21. The third-order valence-corrected chi connectivity index (χ3v) is 1.25. The lowest BCUT2D eigenvalue weighted by atomic mass is 10.2. The molecular formula is C10H17NO3. The topological polar surface area (TPSA) is 77.2 Å². The van der Waals surface area contributed by atoms with E-state index < -0.39 is 5.91 Å². The first-order valence-corrected chi connectivity index (χ1v) is 4.21. The zero-order valence-electron chi connectivity index (χ0n) is 8.92. The molecule has 0 fully saturated rings. The molecule has 0 radical (unpaired) electrons. The van der Waals surface area contributed by atoms with Crippen molar-refractivity contribution >= 4 is 17.5 Å². The van der Waals surface area contributed by atoms with E-state index >= 15 is 0 Å². The smallest absolute Gasteiger partial charge is 0.243 e. The largest absolute Gasteiger partial charge is 0.366 e. The molecule has 2 N–H and O–H groups in total. The summed E-state index contributed by atoms with van der Waals surface area (Å²) in [5.74, 6) is -0.268. The van der Waals surface area contributed by atoms with Gasteiger partial charge in [0.2, 0.25) is 5.91 Å². The first kappa shape index (κ1) is 15.0. The average molecular weight is 199 g/mol. The van der Waals surface area contributed by atoms with Crippen LogP contribution in [-0.4, -0.2) is 17.5 Å². The predicted molar refractivity (Wildman–Crippen MR) is 54.6 cm³/mol. The molecule has 0 aromatic carbocycles. The molecule has 0 aliphatic heterocycles. The van der Waals surface area contributed by atoms with Crippen molar-refractivity contribution in [2.24, 2.45) is 5.73 Å². The van der Waals surface area contributed by atoms with E-state index in [2.05, 4.69) is 6.58 Å². The van der Waals surface area contributed by atoms with Gasteiger partial charge >= 0.3 is 0 Å². The van der Waals surface area contributed by atoms with Crippen LogP contribution in [0.25, 0.3) is 0 Å². The summed E-state index contributed by atoms with van der Waals surface area (Å²) in [6.07, 6.45) is 0.796. The summed E-state index contributed by atoms with van der Waals surface area (Å²) in [6.45, 7) is 7.83. The molecule has 0 rings (SSSR count). The van der Waals surface area contributed by atoms with Gasteiger partial charge in [-0.1, -0.05) is 6.58 Å². The molecule has 0 spiro atoms. The zero-order valence-corrected chi connectivity index (χ0v) is 8.92. The first-order chi connectivity index (χ1) is 6.27. The number of carbonyl (C=O) groups is 3. The fourth-order valence-electron chi connectivity index (χ4n) is 0.352. The maximum absolute atomic E-state index is 10.2. The highest BCUT2D eigenvalue weighted by molar-refractivity contribution is 5.90. The molecule has 14 heavy (non-hydrogen) atoms. The Kier molecular flexibility index (Phi) is 8.77. The number of rotatable bonds is 4. The fourth-order valence-corrected chi connectivity index (χ4v) is 0.352. The molecule has 1 amide bonds. The fraction of sp³-hybridized carbons (Fsp3) is 0.500. The van der Waals surface area contributed by atoms with Crippen molar-refractivity contribution < 1.29 is 14.4 Å². The molecule has 0 saturated carbocycles. The maximum Gasteiger partial charge on any atom is 0.243 e. The van der Waals surface area contributed by atoms with Crippen LogP contribution in [0.2, 0.25) is 0 Å². The molecule has 0 aromatic heterocycles. The van der Waals surface area contributed by atoms with Crippen molar-refractivity contribution in [2.45, 2.75) is 33.6 Å². The van der Waals surface area contributed by atoms with Crippen LogP contribution in [0.5, 0.6) is 0 Å². The van der Waals surface area contributed by atoms with Crippen LogP contribution in [0, 0.1) is 0 Å². The van der Waals surface area contributed by atoms with Gasteiger partial charge in [-0.2, -0.15) is 0 Å². The third kappa shape index (κ3) is 16.9. The Morgan fingerprint density at radius 3 is 1.29 bits per heavy atom. The summed E-state index contributed by atoms with van der Waals surface area (Å²) in [6, 6.07) is 0. The van der Waals surface area contributed by atoms with Gasteiger partial charge in [-0.05, 0) is 20.8 Å². The predicted octanol–water partition coefficient (Wildman–Crippen LogP) is 0.992. The van der Waals surface area contributed by atoms with Crippen LogP contribution in [0.3, 0.4) is 0 Å². The van der Waals surface area contributed by atoms with Gasteiger partial charge in [0, 0.05) is 18.4 Å². The number of hydrogen-bond acceptors (Lipinski definition) is 3. The molecular weight excluding hydrogens is 182 g/mol. The van der Waals surface area contributed by atoms with Crippen molar-refractivity contribution in [3.05, 3.63) is 12.2 Å². The highest BCUT2D eigenvalue weighted by atomic mass is 16.1. The van der Waals surface area contributed by atoms with E-state index in [-0.39, 0.29) is 11.6 Å². The Morgan fingerprint density at radius 1 is 1.00 bits per heavy atom. The molecule has 0 saturated heterocycles. The van der Waals surface area contributed by atoms with Gasteiger partial charge < -0.3 is 15.3 Å². The Balaban J connectivity index is 0. The summed E-state index contributed by atoms with van der Waals surface area (Å²) in [5.41, 5.74) is 5.09. The van der Waals surface area contributed by atoms with Crippen LogP contribution in [-0.2, 0) is 14.4 Å². The summed E-state index contributed by atoms with van der Waals surface area (Å²) in [7, 11) is 0. The van der Waals surface area contributed by atoms with E-state index in [1.807, 2.05) is 0 Å².